The van der Waals surface area contributed by atoms with Crippen LogP contribution in [0.2, 0.25) is 0 Å². The van der Waals surface area contributed by atoms with E-state index in [1.54, 1.807) is 6.20 Å². The van der Waals surface area contributed by atoms with Crippen LogP contribution in [0.3, 0.4) is 0 Å². The molecule has 0 radical (unpaired) electrons. The zero-order valence-electron chi connectivity index (χ0n) is 10.1. The highest BCUT2D eigenvalue weighted by Crippen LogP contribution is 2.25. The van der Waals surface area contributed by atoms with Crippen LogP contribution in [0.1, 0.15) is 0 Å². The highest BCUT2D eigenvalue weighted by Gasteiger charge is 2.24. The molecule has 1 aromatic carbocycles. The minimum absolute atomic E-state index is 0.179. The van der Waals surface area contributed by atoms with Gasteiger partial charge in [0.1, 0.15) is 0 Å². The lowest BCUT2D eigenvalue weighted by Crippen LogP contribution is -2.50. The molecule has 1 saturated heterocycles. The number of hydrogen-bond acceptors (Lipinski definition) is 5. The number of nitrogens with two attached hydrogens (primary N) is 1. The average molecular weight is 244 g/mol. The Morgan fingerprint density at radius 2 is 2.28 bits per heavy atom. The molecule has 0 bridgehead atoms. The van der Waals surface area contributed by atoms with Crippen molar-refractivity contribution in [2.24, 2.45) is 5.73 Å². The van der Waals surface area contributed by atoms with Crippen LogP contribution in [0.15, 0.2) is 30.5 Å². The van der Waals surface area contributed by atoms with Crippen LogP contribution in [0, 0.1) is 0 Å². The van der Waals surface area contributed by atoms with Gasteiger partial charge in [-0.15, -0.1) is 5.10 Å². The van der Waals surface area contributed by atoms with Crippen molar-refractivity contribution in [1.82, 2.24) is 10.2 Å². The van der Waals surface area contributed by atoms with Gasteiger partial charge in [0.15, 0.2) is 5.82 Å². The van der Waals surface area contributed by atoms with Crippen LogP contribution in [0.4, 0.5) is 5.82 Å². The highest BCUT2D eigenvalue weighted by molar-refractivity contribution is 5.91. The van der Waals surface area contributed by atoms with E-state index in [0.29, 0.717) is 19.8 Å². The number of hydrogen-bond donors (Lipinski definition) is 1. The van der Waals surface area contributed by atoms with Crippen LogP contribution in [0.25, 0.3) is 10.8 Å². The summed E-state index contributed by atoms with van der Waals surface area (Å²) >= 11 is 0. The van der Waals surface area contributed by atoms with Crippen LogP contribution in [-0.2, 0) is 4.74 Å². The zero-order chi connectivity index (χ0) is 12.4. The Morgan fingerprint density at radius 3 is 3.17 bits per heavy atom. The molecule has 0 saturated carbocycles. The molecule has 2 N–H and O–H groups in total. The minimum atomic E-state index is 0.179. The maximum atomic E-state index is 5.81. The van der Waals surface area contributed by atoms with Gasteiger partial charge in [0, 0.05) is 23.9 Å². The van der Waals surface area contributed by atoms with E-state index >= 15 is 0 Å². The van der Waals surface area contributed by atoms with Crippen molar-refractivity contribution in [1.29, 1.82) is 0 Å². The van der Waals surface area contributed by atoms with E-state index in [0.717, 1.165) is 23.1 Å². The lowest BCUT2D eigenvalue weighted by Gasteiger charge is -2.35. The Bertz CT molecular complexity index is 540. The maximum Gasteiger partial charge on any atom is 0.159 e. The van der Waals surface area contributed by atoms with Crippen molar-refractivity contribution >= 4 is 16.6 Å². The lowest BCUT2D eigenvalue weighted by atomic mass is 10.1. The largest absolute Gasteiger partial charge is 0.377 e. The summed E-state index contributed by atoms with van der Waals surface area (Å²) in [6.07, 6.45) is 1.79. The molecule has 1 aliphatic rings. The Labute approximate surface area is 106 Å². The summed E-state index contributed by atoms with van der Waals surface area (Å²) in [6.45, 7) is 2.73. The smallest absolute Gasteiger partial charge is 0.159 e. The number of morpholine rings is 1. The summed E-state index contributed by atoms with van der Waals surface area (Å²) in [5, 5.41) is 10.6. The second-order valence-electron chi connectivity index (χ2n) is 4.41. The summed E-state index contributed by atoms with van der Waals surface area (Å²) in [4.78, 5) is 2.21. The molecule has 5 nitrogen and oxygen atoms in total. The Balaban J connectivity index is 2.07. The van der Waals surface area contributed by atoms with Crippen molar-refractivity contribution in [3.05, 3.63) is 30.5 Å². The van der Waals surface area contributed by atoms with Gasteiger partial charge in [0.2, 0.25) is 0 Å². The summed E-state index contributed by atoms with van der Waals surface area (Å²) < 4.78 is 5.47. The first-order valence-electron chi connectivity index (χ1n) is 6.15. The number of aromatic nitrogens is 2. The van der Waals surface area contributed by atoms with E-state index in [1.165, 1.54) is 0 Å². The van der Waals surface area contributed by atoms with Crippen LogP contribution < -0.4 is 10.6 Å². The predicted molar refractivity (Wildman–Crippen MR) is 70.5 cm³/mol. The van der Waals surface area contributed by atoms with E-state index in [9.17, 15) is 0 Å². The summed E-state index contributed by atoms with van der Waals surface area (Å²) in [5.41, 5.74) is 5.81. The normalized spacial score (nSPS) is 20.3. The van der Waals surface area contributed by atoms with Crippen molar-refractivity contribution in [3.63, 3.8) is 0 Å². The minimum Gasteiger partial charge on any atom is -0.377 e. The quantitative estimate of drug-likeness (QED) is 0.846. The van der Waals surface area contributed by atoms with Gasteiger partial charge in [0.05, 0.1) is 25.5 Å². The third-order valence-corrected chi connectivity index (χ3v) is 3.32. The molecule has 2 aromatic rings. The molecule has 0 spiro atoms. The molecular formula is C13H16N4O. The number of rotatable bonds is 2. The Hall–Kier alpha value is -1.72. The first-order chi connectivity index (χ1) is 8.90. The molecule has 2 heterocycles. The Kier molecular flexibility index (Phi) is 3.08. The van der Waals surface area contributed by atoms with Crippen LogP contribution >= 0.6 is 0 Å². The van der Waals surface area contributed by atoms with E-state index in [1.807, 2.05) is 18.2 Å². The molecule has 1 unspecified atom stereocenters. The first kappa shape index (κ1) is 11.4. The van der Waals surface area contributed by atoms with Crippen molar-refractivity contribution in [2.75, 3.05) is 31.2 Å². The van der Waals surface area contributed by atoms with Gasteiger partial charge in [-0.2, -0.15) is 5.10 Å². The fourth-order valence-electron chi connectivity index (χ4n) is 2.35. The molecule has 94 valence electrons. The van der Waals surface area contributed by atoms with E-state index < -0.39 is 0 Å². The van der Waals surface area contributed by atoms with Gasteiger partial charge in [-0.25, -0.2) is 0 Å². The molecule has 3 rings (SSSR count). The van der Waals surface area contributed by atoms with E-state index in [4.69, 9.17) is 10.5 Å². The molecule has 0 amide bonds. The van der Waals surface area contributed by atoms with Gasteiger partial charge in [-0.1, -0.05) is 24.3 Å². The second-order valence-corrected chi connectivity index (χ2v) is 4.41. The fourth-order valence-corrected chi connectivity index (χ4v) is 2.35. The molecule has 1 aliphatic heterocycles. The van der Waals surface area contributed by atoms with Crippen molar-refractivity contribution in [3.8, 4) is 0 Å². The molecule has 1 aromatic heterocycles. The van der Waals surface area contributed by atoms with Crippen molar-refractivity contribution < 1.29 is 4.74 Å². The standard InChI is InChI=1S/C13H16N4O/c14-7-11-9-18-6-5-17(11)13-12-4-2-1-3-10(12)8-15-16-13/h1-4,8,11H,5-7,9,14H2. The fraction of sp³-hybridized carbons (Fsp3) is 0.385. The first-order valence-corrected chi connectivity index (χ1v) is 6.15. The molecule has 18 heavy (non-hydrogen) atoms. The predicted octanol–water partition coefficient (Wildman–Crippen LogP) is 0.794. The van der Waals surface area contributed by atoms with E-state index in [-0.39, 0.29) is 6.04 Å². The number of benzene rings is 1. The van der Waals surface area contributed by atoms with Gasteiger partial charge in [-0.3, -0.25) is 0 Å². The molecule has 0 aliphatic carbocycles. The molecule has 1 atom stereocenters. The molecule has 5 heteroatoms. The summed E-state index contributed by atoms with van der Waals surface area (Å²) in [5.74, 6) is 0.909. The lowest BCUT2D eigenvalue weighted by molar-refractivity contribution is 0.0959. The van der Waals surface area contributed by atoms with Gasteiger partial charge >= 0.3 is 0 Å². The van der Waals surface area contributed by atoms with Gasteiger partial charge in [0.25, 0.3) is 0 Å². The summed E-state index contributed by atoms with van der Waals surface area (Å²) in [6, 6.07) is 8.33. The number of anilines is 1. The summed E-state index contributed by atoms with van der Waals surface area (Å²) in [7, 11) is 0. The average Bonchev–Trinajstić information content (AvgIpc) is 2.46. The van der Waals surface area contributed by atoms with Gasteiger partial charge in [-0.05, 0) is 0 Å². The topological polar surface area (TPSA) is 64.3 Å². The van der Waals surface area contributed by atoms with Crippen LogP contribution in [-0.4, -0.2) is 42.5 Å². The second kappa shape index (κ2) is 4.88. The number of nitrogens with zero attached hydrogens (tertiary/aromatic N) is 3. The van der Waals surface area contributed by atoms with Gasteiger partial charge < -0.3 is 15.4 Å². The van der Waals surface area contributed by atoms with Crippen LogP contribution in [0.5, 0.6) is 0 Å². The highest BCUT2D eigenvalue weighted by atomic mass is 16.5. The third-order valence-electron chi connectivity index (χ3n) is 3.32. The number of ether oxygens (including phenoxy) is 1. The molecular weight excluding hydrogens is 228 g/mol. The Morgan fingerprint density at radius 1 is 1.39 bits per heavy atom. The third kappa shape index (κ3) is 1.91. The zero-order valence-corrected chi connectivity index (χ0v) is 10.1. The van der Waals surface area contributed by atoms with Crippen molar-refractivity contribution in [2.45, 2.75) is 6.04 Å². The SMILES string of the molecule is NCC1COCCN1c1nncc2ccccc12. The van der Waals surface area contributed by atoms with E-state index in [2.05, 4.69) is 21.2 Å². The molecule has 1 fully saturated rings. The monoisotopic (exact) mass is 244 g/mol. The maximum absolute atomic E-state index is 5.81. The number of fused-ring (bicyclic) bond motifs is 1.